The SMILES string of the molecule is Cc1ccc(SCCNC(=O)C(C)n2c(-c3cccs3)n[nH]c2=S)cc1. The lowest BCUT2D eigenvalue weighted by atomic mass is 10.2. The summed E-state index contributed by atoms with van der Waals surface area (Å²) in [5, 5.41) is 12.0. The molecule has 26 heavy (non-hydrogen) atoms. The molecule has 0 aliphatic rings. The first-order valence-electron chi connectivity index (χ1n) is 8.24. The van der Waals surface area contributed by atoms with Crippen molar-refractivity contribution < 1.29 is 4.79 Å². The van der Waals surface area contributed by atoms with Gasteiger partial charge in [0.1, 0.15) is 6.04 Å². The van der Waals surface area contributed by atoms with Crippen molar-refractivity contribution in [1.82, 2.24) is 20.1 Å². The minimum absolute atomic E-state index is 0.0650. The van der Waals surface area contributed by atoms with Gasteiger partial charge < -0.3 is 5.32 Å². The Balaban J connectivity index is 1.58. The van der Waals surface area contributed by atoms with Gasteiger partial charge in [0.05, 0.1) is 4.88 Å². The van der Waals surface area contributed by atoms with Crippen molar-refractivity contribution in [3.63, 3.8) is 0 Å². The zero-order chi connectivity index (χ0) is 18.5. The van der Waals surface area contributed by atoms with Crippen LogP contribution in [0.15, 0.2) is 46.7 Å². The Hall–Kier alpha value is -1.90. The number of hydrogen-bond donors (Lipinski definition) is 2. The van der Waals surface area contributed by atoms with E-state index in [0.29, 0.717) is 17.1 Å². The zero-order valence-electron chi connectivity index (χ0n) is 14.6. The van der Waals surface area contributed by atoms with Gasteiger partial charge in [-0.1, -0.05) is 23.8 Å². The average Bonchev–Trinajstić information content (AvgIpc) is 3.29. The molecule has 8 heteroatoms. The first-order chi connectivity index (χ1) is 12.6. The molecular weight excluding hydrogens is 384 g/mol. The lowest BCUT2D eigenvalue weighted by Crippen LogP contribution is -2.32. The molecule has 1 unspecified atom stereocenters. The number of nitrogens with zero attached hydrogens (tertiary/aromatic N) is 2. The predicted octanol–water partition coefficient (Wildman–Crippen LogP) is 4.45. The van der Waals surface area contributed by atoms with Gasteiger partial charge in [-0.15, -0.1) is 23.1 Å². The number of amides is 1. The summed E-state index contributed by atoms with van der Waals surface area (Å²) in [6.45, 7) is 4.51. The smallest absolute Gasteiger partial charge is 0.242 e. The second-order valence-corrected chi connectivity index (χ2v) is 8.33. The van der Waals surface area contributed by atoms with E-state index < -0.39 is 6.04 Å². The third-order valence-electron chi connectivity index (χ3n) is 3.90. The Morgan fingerprint density at radius 3 is 2.85 bits per heavy atom. The summed E-state index contributed by atoms with van der Waals surface area (Å²) >= 11 is 8.61. The van der Waals surface area contributed by atoms with Crippen LogP contribution in [0.3, 0.4) is 0 Å². The first kappa shape index (κ1) is 18.9. The highest BCUT2D eigenvalue weighted by atomic mass is 32.2. The second kappa shape index (κ2) is 8.66. The van der Waals surface area contributed by atoms with E-state index in [2.05, 4.69) is 46.7 Å². The minimum atomic E-state index is -0.428. The van der Waals surface area contributed by atoms with Crippen molar-refractivity contribution in [1.29, 1.82) is 0 Å². The molecule has 0 bridgehead atoms. The standard InChI is InChI=1S/C18H20N4OS3/c1-12-5-7-14(8-6-12)25-11-9-19-17(23)13(2)22-16(20-21-18(22)24)15-4-3-10-26-15/h3-8,10,13H,9,11H2,1-2H3,(H,19,23)(H,21,24). The Morgan fingerprint density at radius 1 is 1.38 bits per heavy atom. The van der Waals surface area contributed by atoms with E-state index in [9.17, 15) is 4.79 Å². The Kier molecular flexibility index (Phi) is 6.29. The maximum Gasteiger partial charge on any atom is 0.242 e. The molecule has 0 fully saturated rings. The summed E-state index contributed by atoms with van der Waals surface area (Å²) in [5.41, 5.74) is 1.25. The number of nitrogens with one attached hydrogen (secondary N) is 2. The molecule has 0 radical (unpaired) electrons. The number of aromatic amines is 1. The Labute approximate surface area is 165 Å². The number of H-pyrrole nitrogens is 1. The van der Waals surface area contributed by atoms with E-state index in [1.165, 1.54) is 10.5 Å². The van der Waals surface area contributed by atoms with Crippen molar-refractivity contribution in [2.24, 2.45) is 0 Å². The number of aryl methyl sites for hydroxylation is 1. The van der Waals surface area contributed by atoms with Crippen LogP contribution in [0.2, 0.25) is 0 Å². The number of carbonyl (C=O) groups excluding carboxylic acids is 1. The highest BCUT2D eigenvalue weighted by Crippen LogP contribution is 2.25. The summed E-state index contributed by atoms with van der Waals surface area (Å²) < 4.78 is 2.22. The molecular formula is C18H20N4OS3. The van der Waals surface area contributed by atoms with Crippen LogP contribution >= 0.6 is 35.3 Å². The summed E-state index contributed by atoms with van der Waals surface area (Å²) in [6.07, 6.45) is 0. The lowest BCUT2D eigenvalue weighted by molar-refractivity contribution is -0.123. The normalized spacial score (nSPS) is 12.1. The summed E-state index contributed by atoms with van der Waals surface area (Å²) in [4.78, 5) is 14.7. The number of rotatable bonds is 7. The van der Waals surface area contributed by atoms with Crippen LogP contribution in [-0.4, -0.2) is 33.0 Å². The second-order valence-electron chi connectivity index (χ2n) is 5.83. The lowest BCUT2D eigenvalue weighted by Gasteiger charge is -2.15. The molecule has 1 atom stereocenters. The molecule has 0 spiro atoms. The van der Waals surface area contributed by atoms with Gasteiger partial charge >= 0.3 is 0 Å². The van der Waals surface area contributed by atoms with Crippen LogP contribution in [-0.2, 0) is 4.79 Å². The van der Waals surface area contributed by atoms with Gasteiger partial charge in [-0.2, -0.15) is 5.10 Å². The first-order valence-corrected chi connectivity index (χ1v) is 10.5. The number of benzene rings is 1. The molecule has 1 amide bonds. The Bertz CT molecular complexity index is 913. The molecule has 2 aromatic heterocycles. The molecule has 0 aliphatic heterocycles. The summed E-state index contributed by atoms with van der Waals surface area (Å²) in [7, 11) is 0. The van der Waals surface area contributed by atoms with E-state index in [1.54, 1.807) is 27.7 Å². The number of thioether (sulfide) groups is 1. The van der Waals surface area contributed by atoms with Gasteiger partial charge in [-0.25, -0.2) is 0 Å². The van der Waals surface area contributed by atoms with Gasteiger partial charge in [0, 0.05) is 17.2 Å². The number of hydrogen-bond acceptors (Lipinski definition) is 5. The fourth-order valence-corrected chi connectivity index (χ4v) is 4.26. The highest BCUT2D eigenvalue weighted by molar-refractivity contribution is 7.99. The number of thiophene rings is 1. The monoisotopic (exact) mass is 404 g/mol. The van der Waals surface area contributed by atoms with Crippen LogP contribution in [0.25, 0.3) is 10.7 Å². The van der Waals surface area contributed by atoms with Crippen molar-refractivity contribution in [3.8, 4) is 10.7 Å². The summed E-state index contributed by atoms with van der Waals surface area (Å²) in [6, 6.07) is 11.9. The van der Waals surface area contributed by atoms with E-state index in [-0.39, 0.29) is 5.91 Å². The number of aromatic nitrogens is 3. The molecule has 2 heterocycles. The van der Waals surface area contributed by atoms with Gasteiger partial charge in [0.25, 0.3) is 0 Å². The third kappa shape index (κ3) is 4.44. The van der Waals surface area contributed by atoms with Crippen LogP contribution in [0.1, 0.15) is 18.5 Å². The van der Waals surface area contributed by atoms with Crippen molar-refractivity contribution in [2.45, 2.75) is 24.8 Å². The largest absolute Gasteiger partial charge is 0.353 e. The molecule has 3 rings (SSSR count). The Morgan fingerprint density at radius 2 is 2.15 bits per heavy atom. The molecule has 0 aliphatic carbocycles. The van der Waals surface area contributed by atoms with E-state index in [0.717, 1.165) is 10.6 Å². The minimum Gasteiger partial charge on any atom is -0.353 e. The van der Waals surface area contributed by atoms with Crippen LogP contribution in [0, 0.1) is 11.7 Å². The quantitative estimate of drug-likeness (QED) is 0.347. The van der Waals surface area contributed by atoms with Gasteiger partial charge in [-0.3, -0.25) is 14.5 Å². The van der Waals surface area contributed by atoms with Crippen molar-refractivity contribution >= 4 is 41.2 Å². The molecule has 136 valence electrons. The fourth-order valence-electron chi connectivity index (χ4n) is 2.49. The van der Waals surface area contributed by atoms with E-state index >= 15 is 0 Å². The van der Waals surface area contributed by atoms with Gasteiger partial charge in [0.15, 0.2) is 10.6 Å². The molecule has 1 aromatic carbocycles. The molecule has 2 N–H and O–H groups in total. The maximum absolute atomic E-state index is 12.5. The fraction of sp³-hybridized carbons (Fsp3) is 0.278. The van der Waals surface area contributed by atoms with Crippen LogP contribution < -0.4 is 5.32 Å². The van der Waals surface area contributed by atoms with E-state index in [1.807, 2.05) is 24.4 Å². The maximum atomic E-state index is 12.5. The number of carbonyl (C=O) groups is 1. The molecule has 5 nitrogen and oxygen atoms in total. The van der Waals surface area contributed by atoms with Crippen LogP contribution in [0.5, 0.6) is 0 Å². The zero-order valence-corrected chi connectivity index (χ0v) is 17.0. The van der Waals surface area contributed by atoms with Crippen molar-refractivity contribution in [3.05, 3.63) is 52.1 Å². The average molecular weight is 405 g/mol. The molecule has 0 saturated carbocycles. The highest BCUT2D eigenvalue weighted by Gasteiger charge is 2.20. The third-order valence-corrected chi connectivity index (χ3v) is 6.07. The molecule has 3 aromatic rings. The van der Waals surface area contributed by atoms with E-state index in [4.69, 9.17) is 12.2 Å². The van der Waals surface area contributed by atoms with Gasteiger partial charge in [-0.05, 0) is 49.6 Å². The van der Waals surface area contributed by atoms with Crippen LogP contribution in [0.4, 0.5) is 0 Å². The topological polar surface area (TPSA) is 62.7 Å². The summed E-state index contributed by atoms with van der Waals surface area (Å²) in [5.74, 6) is 1.45. The molecule has 0 saturated heterocycles. The van der Waals surface area contributed by atoms with Crippen molar-refractivity contribution in [2.75, 3.05) is 12.3 Å². The van der Waals surface area contributed by atoms with Gasteiger partial charge in [0.2, 0.25) is 5.91 Å². The predicted molar refractivity (Wildman–Crippen MR) is 110 cm³/mol.